The van der Waals surface area contributed by atoms with Gasteiger partial charge in [-0.3, -0.25) is 9.69 Å². The smallest absolute Gasteiger partial charge is 0.266 e. The number of amides is 1. The summed E-state index contributed by atoms with van der Waals surface area (Å²) in [5.41, 5.74) is 0.924. The van der Waals surface area contributed by atoms with Gasteiger partial charge >= 0.3 is 0 Å². The number of carbonyl (C=O) groups excluding carboxylic acids is 1. The molecule has 0 spiro atoms. The summed E-state index contributed by atoms with van der Waals surface area (Å²) in [6.07, 6.45) is 5.10. The van der Waals surface area contributed by atoms with E-state index in [1.807, 2.05) is 60.7 Å². The fraction of sp³-hybridized carbons (Fsp3) is 0.238. The van der Waals surface area contributed by atoms with Gasteiger partial charge in [0.15, 0.2) is 0 Å². The number of thioether (sulfide) groups is 1. The summed E-state index contributed by atoms with van der Waals surface area (Å²) >= 11 is 6.75. The van der Waals surface area contributed by atoms with Crippen molar-refractivity contribution in [1.82, 2.24) is 4.90 Å². The lowest BCUT2D eigenvalue weighted by Gasteiger charge is -2.13. The topological polar surface area (TPSA) is 29.5 Å². The quantitative estimate of drug-likeness (QED) is 0.340. The molecule has 0 N–H and O–H groups in total. The first-order chi connectivity index (χ1) is 12.7. The molecule has 1 saturated heterocycles. The Morgan fingerprint density at radius 2 is 1.85 bits per heavy atom. The fourth-order valence-electron chi connectivity index (χ4n) is 2.66. The average Bonchev–Trinajstić information content (AvgIpc) is 2.90. The van der Waals surface area contributed by atoms with E-state index in [2.05, 4.69) is 6.92 Å². The van der Waals surface area contributed by atoms with E-state index in [1.165, 1.54) is 11.8 Å². The molecule has 1 amide bonds. The minimum atomic E-state index is 0.00508. The van der Waals surface area contributed by atoms with Crippen LogP contribution in [0.25, 0.3) is 6.08 Å². The fourth-order valence-corrected chi connectivity index (χ4v) is 3.97. The number of nitrogens with zero attached hydrogens (tertiary/aromatic N) is 1. The van der Waals surface area contributed by atoms with Gasteiger partial charge in [0, 0.05) is 6.54 Å². The van der Waals surface area contributed by atoms with Crippen molar-refractivity contribution in [3.05, 3.63) is 65.1 Å². The molecule has 2 aromatic carbocycles. The molecule has 0 saturated carbocycles. The highest BCUT2D eigenvalue weighted by Crippen LogP contribution is 2.33. The summed E-state index contributed by atoms with van der Waals surface area (Å²) in [5.74, 6) is 1.53. The van der Waals surface area contributed by atoms with Crippen LogP contribution in [0.5, 0.6) is 11.5 Å². The van der Waals surface area contributed by atoms with E-state index >= 15 is 0 Å². The van der Waals surface area contributed by atoms with Crippen molar-refractivity contribution in [1.29, 1.82) is 0 Å². The van der Waals surface area contributed by atoms with Crippen LogP contribution in [0.4, 0.5) is 0 Å². The largest absolute Gasteiger partial charge is 0.457 e. The molecule has 3 nitrogen and oxygen atoms in total. The van der Waals surface area contributed by atoms with Crippen molar-refractivity contribution in [2.75, 3.05) is 6.54 Å². The third-order valence-corrected chi connectivity index (χ3v) is 5.37. The maximum absolute atomic E-state index is 12.6. The highest BCUT2D eigenvalue weighted by atomic mass is 32.2. The molecule has 3 rings (SSSR count). The van der Waals surface area contributed by atoms with Crippen molar-refractivity contribution in [3.63, 3.8) is 0 Å². The van der Waals surface area contributed by atoms with Gasteiger partial charge in [0.2, 0.25) is 0 Å². The highest BCUT2D eigenvalue weighted by molar-refractivity contribution is 8.26. The van der Waals surface area contributed by atoms with E-state index in [0.29, 0.717) is 15.8 Å². The second kappa shape index (κ2) is 9.01. The zero-order valence-electron chi connectivity index (χ0n) is 14.7. The zero-order valence-corrected chi connectivity index (χ0v) is 16.3. The zero-order chi connectivity index (χ0) is 18.4. The van der Waals surface area contributed by atoms with Crippen LogP contribution in [-0.2, 0) is 4.79 Å². The third kappa shape index (κ3) is 4.74. The molecule has 1 heterocycles. The number of hydrogen-bond donors (Lipinski definition) is 0. The van der Waals surface area contributed by atoms with Crippen molar-refractivity contribution in [2.24, 2.45) is 0 Å². The van der Waals surface area contributed by atoms with Crippen LogP contribution >= 0.6 is 24.0 Å². The van der Waals surface area contributed by atoms with Gasteiger partial charge in [0.25, 0.3) is 5.91 Å². The van der Waals surface area contributed by atoms with Crippen LogP contribution in [-0.4, -0.2) is 21.7 Å². The van der Waals surface area contributed by atoms with Crippen LogP contribution in [0.3, 0.4) is 0 Å². The molecule has 0 aliphatic carbocycles. The summed E-state index contributed by atoms with van der Waals surface area (Å²) in [5, 5.41) is 0. The molecule has 134 valence electrons. The molecule has 0 atom stereocenters. The highest BCUT2D eigenvalue weighted by Gasteiger charge is 2.31. The Labute approximate surface area is 164 Å². The number of hydrogen-bond acceptors (Lipinski definition) is 4. The Bertz CT molecular complexity index is 818. The van der Waals surface area contributed by atoms with Crippen LogP contribution < -0.4 is 4.74 Å². The van der Waals surface area contributed by atoms with E-state index in [9.17, 15) is 4.79 Å². The minimum Gasteiger partial charge on any atom is -0.457 e. The Balaban J connectivity index is 1.72. The van der Waals surface area contributed by atoms with Gasteiger partial charge in [-0.15, -0.1) is 0 Å². The van der Waals surface area contributed by atoms with Crippen LogP contribution in [0, 0.1) is 0 Å². The first-order valence-electron chi connectivity index (χ1n) is 8.75. The van der Waals surface area contributed by atoms with Gasteiger partial charge in [0.05, 0.1) is 4.91 Å². The van der Waals surface area contributed by atoms with Crippen LogP contribution in [0.2, 0.25) is 0 Å². The maximum Gasteiger partial charge on any atom is 0.266 e. The van der Waals surface area contributed by atoms with E-state index in [4.69, 9.17) is 17.0 Å². The van der Waals surface area contributed by atoms with Crippen molar-refractivity contribution >= 4 is 40.3 Å². The lowest BCUT2D eigenvalue weighted by molar-refractivity contribution is -0.122. The first-order valence-corrected chi connectivity index (χ1v) is 9.98. The molecule has 1 fully saturated rings. The van der Waals surface area contributed by atoms with E-state index in [0.717, 1.165) is 36.3 Å². The Hall–Kier alpha value is -2.11. The Morgan fingerprint density at radius 1 is 1.08 bits per heavy atom. The Morgan fingerprint density at radius 3 is 2.62 bits per heavy atom. The Kier molecular flexibility index (Phi) is 6.47. The van der Waals surface area contributed by atoms with E-state index < -0.39 is 0 Å². The summed E-state index contributed by atoms with van der Waals surface area (Å²) in [4.78, 5) is 15.0. The number of carbonyl (C=O) groups is 1. The predicted octanol–water partition coefficient (Wildman–Crippen LogP) is 5.87. The molecule has 1 aliphatic rings. The van der Waals surface area contributed by atoms with Gasteiger partial charge in [0.1, 0.15) is 15.8 Å². The lowest BCUT2D eigenvalue weighted by Crippen LogP contribution is -2.28. The molecule has 0 radical (unpaired) electrons. The standard InChI is InChI=1S/C21H21NO2S2/c1-2-3-7-13-22-20(23)19(26-21(22)25)15-16-9-8-12-18(14-16)24-17-10-5-4-6-11-17/h4-6,8-12,14-15H,2-3,7,13H2,1H3/b19-15-. The molecule has 0 bridgehead atoms. The first kappa shape index (κ1) is 18.7. The number of benzene rings is 2. The summed E-state index contributed by atoms with van der Waals surface area (Å²) in [7, 11) is 0. The molecule has 2 aromatic rings. The van der Waals surface area contributed by atoms with Gasteiger partial charge in [-0.05, 0) is 42.3 Å². The number of para-hydroxylation sites is 1. The molecule has 0 aromatic heterocycles. The second-order valence-electron chi connectivity index (χ2n) is 6.03. The second-order valence-corrected chi connectivity index (χ2v) is 7.70. The molecular formula is C21H21NO2S2. The number of thiocarbonyl (C=S) groups is 1. The SMILES string of the molecule is CCCCCN1C(=O)/C(=C/c2cccc(Oc3ccccc3)c2)SC1=S. The van der Waals surface area contributed by atoms with Crippen LogP contribution in [0.15, 0.2) is 59.5 Å². The molecule has 26 heavy (non-hydrogen) atoms. The lowest BCUT2D eigenvalue weighted by atomic mass is 10.2. The summed E-state index contributed by atoms with van der Waals surface area (Å²) < 4.78 is 6.51. The van der Waals surface area contributed by atoms with Crippen molar-refractivity contribution in [3.8, 4) is 11.5 Å². The summed E-state index contributed by atoms with van der Waals surface area (Å²) in [6, 6.07) is 17.4. The van der Waals surface area contributed by atoms with Gasteiger partial charge in [-0.1, -0.05) is 74.1 Å². The third-order valence-electron chi connectivity index (χ3n) is 3.99. The van der Waals surface area contributed by atoms with Gasteiger partial charge < -0.3 is 4.74 Å². The monoisotopic (exact) mass is 383 g/mol. The maximum atomic E-state index is 12.6. The van der Waals surface area contributed by atoms with E-state index in [1.54, 1.807) is 4.90 Å². The number of unbranched alkanes of at least 4 members (excludes halogenated alkanes) is 2. The van der Waals surface area contributed by atoms with Gasteiger partial charge in [-0.25, -0.2) is 0 Å². The molecule has 5 heteroatoms. The predicted molar refractivity (Wildman–Crippen MR) is 112 cm³/mol. The van der Waals surface area contributed by atoms with E-state index in [-0.39, 0.29) is 5.91 Å². The normalized spacial score (nSPS) is 15.7. The molecular weight excluding hydrogens is 362 g/mol. The minimum absolute atomic E-state index is 0.00508. The van der Waals surface area contributed by atoms with Crippen molar-refractivity contribution in [2.45, 2.75) is 26.2 Å². The van der Waals surface area contributed by atoms with Crippen molar-refractivity contribution < 1.29 is 9.53 Å². The average molecular weight is 384 g/mol. The van der Waals surface area contributed by atoms with Gasteiger partial charge in [-0.2, -0.15) is 0 Å². The summed E-state index contributed by atoms with van der Waals surface area (Å²) in [6.45, 7) is 2.85. The number of rotatable bonds is 7. The van der Waals surface area contributed by atoms with Crippen LogP contribution in [0.1, 0.15) is 31.7 Å². The molecule has 0 unspecified atom stereocenters. The molecule has 1 aliphatic heterocycles. The number of ether oxygens (including phenoxy) is 1.